The summed E-state index contributed by atoms with van der Waals surface area (Å²) in [5.41, 5.74) is 4.89. The van der Waals surface area contributed by atoms with Crippen LogP contribution in [0, 0.1) is 0 Å². The monoisotopic (exact) mass is 227 g/mol. The van der Waals surface area contributed by atoms with Crippen LogP contribution in [0.4, 0.5) is 5.13 Å². The second kappa shape index (κ2) is 4.08. The summed E-state index contributed by atoms with van der Waals surface area (Å²) in [7, 11) is 0. The second-order valence-electron chi connectivity index (χ2n) is 4.03. The van der Waals surface area contributed by atoms with Crippen LogP contribution in [0.1, 0.15) is 24.6 Å². The van der Waals surface area contributed by atoms with Gasteiger partial charge in [-0.05, 0) is 19.4 Å². The summed E-state index contributed by atoms with van der Waals surface area (Å²) in [6.45, 7) is 5.10. The van der Waals surface area contributed by atoms with Crippen LogP contribution in [0.5, 0.6) is 0 Å². The highest BCUT2D eigenvalue weighted by atomic mass is 32.1. The number of nitrogens with two attached hydrogens (primary N) is 1. The Kier molecular flexibility index (Phi) is 2.95. The van der Waals surface area contributed by atoms with Gasteiger partial charge in [0, 0.05) is 19.3 Å². The van der Waals surface area contributed by atoms with Gasteiger partial charge in [0.1, 0.15) is 5.60 Å². The number of piperidine rings is 1. The molecule has 0 amide bonds. The van der Waals surface area contributed by atoms with Gasteiger partial charge in [0.25, 0.3) is 0 Å². The molecule has 0 aliphatic carbocycles. The molecule has 4 nitrogen and oxygen atoms in total. The van der Waals surface area contributed by atoms with Crippen molar-refractivity contribution >= 4 is 16.5 Å². The molecule has 2 rings (SSSR count). The maximum atomic E-state index is 10.5. The Morgan fingerprint density at radius 3 is 2.73 bits per heavy atom. The molecular formula is C10H17N3OS. The zero-order valence-electron chi connectivity index (χ0n) is 8.94. The predicted octanol–water partition coefficient (Wildman–Crippen LogP) is 1.03. The van der Waals surface area contributed by atoms with Crippen molar-refractivity contribution < 1.29 is 5.11 Å². The van der Waals surface area contributed by atoms with Crippen molar-refractivity contribution in [3.05, 3.63) is 11.1 Å². The Morgan fingerprint density at radius 1 is 1.60 bits per heavy atom. The van der Waals surface area contributed by atoms with Gasteiger partial charge in [0.2, 0.25) is 0 Å². The first-order valence-corrected chi connectivity index (χ1v) is 6.12. The molecule has 5 heteroatoms. The van der Waals surface area contributed by atoms with E-state index in [4.69, 9.17) is 5.73 Å². The van der Waals surface area contributed by atoms with Gasteiger partial charge in [-0.15, -0.1) is 0 Å². The van der Waals surface area contributed by atoms with E-state index in [1.54, 1.807) is 6.20 Å². The Hall–Kier alpha value is -0.650. The maximum Gasteiger partial charge on any atom is 0.180 e. The summed E-state index contributed by atoms with van der Waals surface area (Å²) in [6, 6.07) is 0. The predicted molar refractivity (Wildman–Crippen MR) is 61.8 cm³/mol. The highest BCUT2D eigenvalue weighted by Gasteiger charge is 2.35. The Bertz CT molecular complexity index is 331. The lowest BCUT2D eigenvalue weighted by Gasteiger charge is -2.36. The van der Waals surface area contributed by atoms with Crippen molar-refractivity contribution in [3.63, 3.8) is 0 Å². The number of nitrogen functional groups attached to an aromatic ring is 1. The lowest BCUT2D eigenvalue weighted by molar-refractivity contribution is -0.0218. The molecule has 0 atom stereocenters. The molecule has 1 fully saturated rings. The zero-order valence-corrected chi connectivity index (χ0v) is 9.76. The number of thiazole rings is 1. The maximum absolute atomic E-state index is 10.5. The molecule has 1 aliphatic heterocycles. The van der Waals surface area contributed by atoms with Crippen LogP contribution in [-0.4, -0.2) is 34.6 Å². The molecule has 0 unspecified atom stereocenters. The number of hydrogen-bond acceptors (Lipinski definition) is 5. The molecule has 1 saturated heterocycles. The lowest BCUT2D eigenvalue weighted by Crippen LogP contribution is -2.41. The van der Waals surface area contributed by atoms with E-state index in [0.717, 1.165) is 37.4 Å². The molecular weight excluding hydrogens is 210 g/mol. The third-order valence-electron chi connectivity index (χ3n) is 3.11. The fraction of sp³-hybridized carbons (Fsp3) is 0.700. The molecule has 15 heavy (non-hydrogen) atoms. The van der Waals surface area contributed by atoms with Crippen LogP contribution in [-0.2, 0) is 5.60 Å². The minimum atomic E-state index is -0.693. The van der Waals surface area contributed by atoms with Gasteiger partial charge >= 0.3 is 0 Å². The molecule has 1 aliphatic rings. The van der Waals surface area contributed by atoms with Crippen molar-refractivity contribution in [2.75, 3.05) is 25.4 Å². The van der Waals surface area contributed by atoms with Crippen molar-refractivity contribution in [3.8, 4) is 0 Å². The third-order valence-corrected chi connectivity index (χ3v) is 4.13. The first-order valence-electron chi connectivity index (χ1n) is 5.30. The van der Waals surface area contributed by atoms with Crippen molar-refractivity contribution in [2.45, 2.75) is 25.4 Å². The second-order valence-corrected chi connectivity index (χ2v) is 5.09. The van der Waals surface area contributed by atoms with E-state index in [-0.39, 0.29) is 0 Å². The summed E-state index contributed by atoms with van der Waals surface area (Å²) in [6.07, 6.45) is 3.27. The van der Waals surface area contributed by atoms with E-state index in [0.29, 0.717) is 5.13 Å². The quantitative estimate of drug-likeness (QED) is 0.792. The number of aromatic nitrogens is 1. The van der Waals surface area contributed by atoms with Crippen LogP contribution >= 0.6 is 11.3 Å². The SMILES string of the molecule is CCN1CCC(O)(c2cnc(N)s2)CC1. The molecule has 84 valence electrons. The molecule has 1 aromatic rings. The fourth-order valence-electron chi connectivity index (χ4n) is 1.99. The van der Waals surface area contributed by atoms with Gasteiger partial charge in [-0.2, -0.15) is 0 Å². The van der Waals surface area contributed by atoms with E-state index in [2.05, 4.69) is 16.8 Å². The largest absolute Gasteiger partial charge is 0.384 e. The minimum Gasteiger partial charge on any atom is -0.384 e. The number of nitrogens with zero attached hydrogens (tertiary/aromatic N) is 2. The van der Waals surface area contributed by atoms with Gasteiger partial charge in [-0.3, -0.25) is 0 Å². The standard InChI is InChI=1S/C10H17N3OS/c1-2-13-5-3-10(14,4-6-13)8-7-12-9(11)15-8/h7,14H,2-6H2,1H3,(H2,11,12). The summed E-state index contributed by atoms with van der Waals surface area (Å²) in [4.78, 5) is 7.26. The number of rotatable bonds is 2. The Labute approximate surface area is 93.7 Å². The van der Waals surface area contributed by atoms with Crippen LogP contribution in [0.2, 0.25) is 0 Å². The highest BCUT2D eigenvalue weighted by molar-refractivity contribution is 7.15. The van der Waals surface area contributed by atoms with E-state index in [1.165, 1.54) is 11.3 Å². The number of anilines is 1. The number of hydrogen-bond donors (Lipinski definition) is 2. The van der Waals surface area contributed by atoms with Gasteiger partial charge in [-0.1, -0.05) is 18.3 Å². The smallest absolute Gasteiger partial charge is 0.180 e. The lowest BCUT2D eigenvalue weighted by atomic mass is 9.90. The Balaban J connectivity index is 2.09. The minimum absolute atomic E-state index is 0.538. The average Bonchev–Trinajstić information content (AvgIpc) is 2.67. The summed E-state index contributed by atoms with van der Waals surface area (Å²) >= 11 is 1.40. The highest BCUT2D eigenvalue weighted by Crippen LogP contribution is 2.36. The van der Waals surface area contributed by atoms with E-state index in [1.807, 2.05) is 0 Å². The zero-order chi connectivity index (χ0) is 10.9. The summed E-state index contributed by atoms with van der Waals surface area (Å²) in [5.74, 6) is 0. The molecule has 3 N–H and O–H groups in total. The molecule has 0 bridgehead atoms. The Morgan fingerprint density at radius 2 is 2.27 bits per heavy atom. The summed E-state index contributed by atoms with van der Waals surface area (Å²) in [5, 5.41) is 11.0. The molecule has 1 aromatic heterocycles. The van der Waals surface area contributed by atoms with Crippen molar-refractivity contribution in [1.82, 2.24) is 9.88 Å². The van der Waals surface area contributed by atoms with Crippen molar-refractivity contribution in [2.24, 2.45) is 0 Å². The molecule has 0 radical (unpaired) electrons. The van der Waals surface area contributed by atoms with Gasteiger partial charge in [-0.25, -0.2) is 4.98 Å². The third kappa shape index (κ3) is 2.14. The molecule has 0 aromatic carbocycles. The van der Waals surface area contributed by atoms with E-state index >= 15 is 0 Å². The van der Waals surface area contributed by atoms with Gasteiger partial charge < -0.3 is 15.7 Å². The normalized spacial score (nSPS) is 21.7. The fourth-order valence-corrected chi connectivity index (χ4v) is 2.82. The van der Waals surface area contributed by atoms with Gasteiger partial charge in [0.15, 0.2) is 5.13 Å². The first kappa shape index (κ1) is 10.9. The molecule has 0 spiro atoms. The first-order chi connectivity index (χ1) is 7.14. The molecule has 2 heterocycles. The van der Waals surface area contributed by atoms with E-state index in [9.17, 15) is 5.11 Å². The molecule has 0 saturated carbocycles. The number of aliphatic hydroxyl groups is 1. The summed E-state index contributed by atoms with van der Waals surface area (Å²) < 4.78 is 0. The average molecular weight is 227 g/mol. The van der Waals surface area contributed by atoms with Crippen LogP contribution < -0.4 is 5.73 Å². The number of likely N-dealkylation sites (tertiary alicyclic amines) is 1. The van der Waals surface area contributed by atoms with Crippen LogP contribution in [0.3, 0.4) is 0 Å². The van der Waals surface area contributed by atoms with Crippen molar-refractivity contribution in [1.29, 1.82) is 0 Å². The topological polar surface area (TPSA) is 62.4 Å². The van der Waals surface area contributed by atoms with Crippen LogP contribution in [0.25, 0.3) is 0 Å². The van der Waals surface area contributed by atoms with Crippen LogP contribution in [0.15, 0.2) is 6.20 Å². The van der Waals surface area contributed by atoms with E-state index < -0.39 is 5.60 Å². The van der Waals surface area contributed by atoms with Gasteiger partial charge in [0.05, 0.1) is 4.88 Å².